The van der Waals surface area contributed by atoms with Crippen molar-refractivity contribution < 1.29 is 9.47 Å². The maximum absolute atomic E-state index is 5.54. The number of ether oxygens (including phenoxy) is 2. The van der Waals surface area contributed by atoms with Crippen LogP contribution in [0.25, 0.3) is 0 Å². The molecular weight excluding hydrogens is 236 g/mol. The Morgan fingerprint density at radius 2 is 2.11 bits per heavy atom. The van der Waals surface area contributed by atoms with E-state index in [1.54, 1.807) is 0 Å². The molecular formula is C10H18N6O2. The number of nitrogens with one attached hydrogen (secondary N) is 1. The predicted octanol–water partition coefficient (Wildman–Crippen LogP) is -0.793. The molecule has 0 saturated carbocycles. The normalized spacial score (nSPS) is 16.5. The Balaban J connectivity index is 1.80. The van der Waals surface area contributed by atoms with Crippen molar-refractivity contribution in [2.45, 2.75) is 0 Å². The summed E-state index contributed by atoms with van der Waals surface area (Å²) in [6.07, 6.45) is 0. The molecule has 1 aliphatic rings. The number of methoxy groups -OCH3 is 1. The first kappa shape index (κ1) is 12.8. The number of anilines is 2. The minimum Gasteiger partial charge on any atom is -0.467 e. The van der Waals surface area contributed by atoms with Gasteiger partial charge in [0.15, 0.2) is 0 Å². The van der Waals surface area contributed by atoms with Gasteiger partial charge in [0.25, 0.3) is 0 Å². The summed E-state index contributed by atoms with van der Waals surface area (Å²) in [5.41, 5.74) is 5.54. The zero-order chi connectivity index (χ0) is 12.8. The van der Waals surface area contributed by atoms with E-state index in [0.29, 0.717) is 5.95 Å². The quantitative estimate of drug-likeness (QED) is 0.705. The second-order valence-corrected chi connectivity index (χ2v) is 3.88. The van der Waals surface area contributed by atoms with Gasteiger partial charge in [-0.05, 0) is 0 Å². The van der Waals surface area contributed by atoms with Gasteiger partial charge in [-0.25, -0.2) is 0 Å². The van der Waals surface area contributed by atoms with Crippen molar-refractivity contribution in [1.82, 2.24) is 19.9 Å². The maximum atomic E-state index is 5.54. The van der Waals surface area contributed by atoms with Crippen molar-refractivity contribution in [2.75, 3.05) is 57.6 Å². The summed E-state index contributed by atoms with van der Waals surface area (Å²) >= 11 is 0. The van der Waals surface area contributed by atoms with Crippen molar-refractivity contribution >= 4 is 11.9 Å². The van der Waals surface area contributed by atoms with Crippen LogP contribution in [0.15, 0.2) is 0 Å². The molecule has 100 valence electrons. The van der Waals surface area contributed by atoms with E-state index in [9.17, 15) is 0 Å². The van der Waals surface area contributed by atoms with E-state index in [4.69, 9.17) is 15.2 Å². The van der Waals surface area contributed by atoms with Gasteiger partial charge in [-0.15, -0.1) is 0 Å². The van der Waals surface area contributed by atoms with E-state index in [2.05, 4.69) is 25.2 Å². The molecule has 2 heterocycles. The van der Waals surface area contributed by atoms with Crippen LogP contribution in [0.1, 0.15) is 0 Å². The van der Waals surface area contributed by atoms with Gasteiger partial charge in [0.1, 0.15) is 0 Å². The Bertz CT molecular complexity index is 383. The summed E-state index contributed by atoms with van der Waals surface area (Å²) in [5.74, 6) is 0.586. The van der Waals surface area contributed by atoms with Crippen LogP contribution >= 0.6 is 0 Å². The fourth-order valence-electron chi connectivity index (χ4n) is 1.69. The third kappa shape index (κ3) is 3.67. The largest absolute Gasteiger partial charge is 0.467 e. The van der Waals surface area contributed by atoms with Crippen molar-refractivity contribution in [3.63, 3.8) is 0 Å². The van der Waals surface area contributed by atoms with Gasteiger partial charge in [0.05, 0.1) is 20.3 Å². The molecule has 8 nitrogen and oxygen atoms in total. The predicted molar refractivity (Wildman–Crippen MR) is 66.5 cm³/mol. The van der Waals surface area contributed by atoms with Gasteiger partial charge in [-0.1, -0.05) is 0 Å². The Morgan fingerprint density at radius 1 is 1.33 bits per heavy atom. The first-order chi connectivity index (χ1) is 8.78. The van der Waals surface area contributed by atoms with Crippen LogP contribution in [0.5, 0.6) is 6.01 Å². The standard InChI is InChI=1S/C10H18N6O2/c1-17-10-14-8(11)13-9(15-10)12-2-3-16-4-6-18-7-5-16/h2-7H2,1H3,(H3,11,12,13,14,15). The maximum Gasteiger partial charge on any atom is 0.322 e. The number of hydrogen-bond acceptors (Lipinski definition) is 8. The second kappa shape index (κ2) is 6.31. The molecule has 1 aromatic rings. The van der Waals surface area contributed by atoms with E-state index in [-0.39, 0.29) is 12.0 Å². The topological polar surface area (TPSA) is 98.4 Å². The van der Waals surface area contributed by atoms with Crippen LogP contribution in [0.2, 0.25) is 0 Å². The Labute approximate surface area is 106 Å². The lowest BCUT2D eigenvalue weighted by atomic mass is 10.4. The van der Waals surface area contributed by atoms with Gasteiger partial charge in [-0.3, -0.25) is 4.90 Å². The molecule has 18 heavy (non-hydrogen) atoms. The molecule has 0 atom stereocenters. The van der Waals surface area contributed by atoms with Crippen LogP contribution in [0, 0.1) is 0 Å². The lowest BCUT2D eigenvalue weighted by Crippen LogP contribution is -2.39. The molecule has 1 saturated heterocycles. The average molecular weight is 254 g/mol. The summed E-state index contributed by atoms with van der Waals surface area (Å²) in [7, 11) is 1.49. The van der Waals surface area contributed by atoms with Crippen molar-refractivity contribution in [3.05, 3.63) is 0 Å². The lowest BCUT2D eigenvalue weighted by Gasteiger charge is -2.26. The molecule has 3 N–H and O–H groups in total. The molecule has 0 spiro atoms. The monoisotopic (exact) mass is 254 g/mol. The SMILES string of the molecule is COc1nc(N)nc(NCCN2CCOCC2)n1. The van der Waals surface area contributed by atoms with Gasteiger partial charge in [-0.2, -0.15) is 15.0 Å². The van der Waals surface area contributed by atoms with Crippen molar-refractivity contribution in [3.8, 4) is 6.01 Å². The first-order valence-electron chi connectivity index (χ1n) is 5.87. The molecule has 0 radical (unpaired) electrons. The molecule has 0 aliphatic carbocycles. The number of nitrogens with zero attached hydrogens (tertiary/aromatic N) is 4. The zero-order valence-corrected chi connectivity index (χ0v) is 10.4. The fourth-order valence-corrected chi connectivity index (χ4v) is 1.69. The third-order valence-electron chi connectivity index (χ3n) is 2.63. The van der Waals surface area contributed by atoms with Crippen LogP contribution in [-0.2, 0) is 4.74 Å². The highest BCUT2D eigenvalue weighted by Gasteiger charge is 2.10. The number of hydrogen-bond donors (Lipinski definition) is 2. The number of nitrogen functional groups attached to an aromatic ring is 1. The highest BCUT2D eigenvalue weighted by Crippen LogP contribution is 2.07. The number of morpholine rings is 1. The summed E-state index contributed by atoms with van der Waals surface area (Å²) < 4.78 is 10.2. The first-order valence-corrected chi connectivity index (χ1v) is 5.87. The zero-order valence-electron chi connectivity index (χ0n) is 10.4. The molecule has 0 aromatic carbocycles. The molecule has 0 bridgehead atoms. The Hall–Kier alpha value is -1.67. The minimum atomic E-state index is 0.149. The van der Waals surface area contributed by atoms with Crippen molar-refractivity contribution in [2.24, 2.45) is 0 Å². The smallest absolute Gasteiger partial charge is 0.322 e. The molecule has 2 rings (SSSR count). The fraction of sp³-hybridized carbons (Fsp3) is 0.700. The molecule has 8 heteroatoms. The van der Waals surface area contributed by atoms with E-state index < -0.39 is 0 Å². The Kier molecular flexibility index (Phi) is 4.48. The van der Waals surface area contributed by atoms with E-state index in [1.807, 2.05) is 0 Å². The number of nitrogens with two attached hydrogens (primary N) is 1. The van der Waals surface area contributed by atoms with Crippen LogP contribution in [0.4, 0.5) is 11.9 Å². The van der Waals surface area contributed by atoms with E-state index in [1.165, 1.54) is 7.11 Å². The average Bonchev–Trinajstić information content (AvgIpc) is 2.39. The minimum absolute atomic E-state index is 0.149. The van der Waals surface area contributed by atoms with Gasteiger partial charge in [0.2, 0.25) is 11.9 Å². The highest BCUT2D eigenvalue weighted by atomic mass is 16.5. The van der Waals surface area contributed by atoms with E-state index >= 15 is 0 Å². The van der Waals surface area contributed by atoms with E-state index in [0.717, 1.165) is 39.4 Å². The summed E-state index contributed by atoms with van der Waals surface area (Å²) in [4.78, 5) is 14.2. The molecule has 1 aliphatic heterocycles. The van der Waals surface area contributed by atoms with Crippen LogP contribution < -0.4 is 15.8 Å². The summed E-state index contributed by atoms with van der Waals surface area (Å²) in [6, 6.07) is 0.219. The number of rotatable bonds is 5. The van der Waals surface area contributed by atoms with Crippen molar-refractivity contribution in [1.29, 1.82) is 0 Å². The summed E-state index contributed by atoms with van der Waals surface area (Å²) in [5, 5.41) is 3.10. The Morgan fingerprint density at radius 3 is 2.83 bits per heavy atom. The molecule has 1 fully saturated rings. The highest BCUT2D eigenvalue weighted by molar-refractivity contribution is 5.32. The second-order valence-electron chi connectivity index (χ2n) is 3.88. The van der Waals surface area contributed by atoms with Crippen LogP contribution in [-0.4, -0.2) is 66.4 Å². The number of aromatic nitrogens is 3. The van der Waals surface area contributed by atoms with Gasteiger partial charge >= 0.3 is 6.01 Å². The molecule has 1 aromatic heterocycles. The van der Waals surface area contributed by atoms with Crippen LogP contribution in [0.3, 0.4) is 0 Å². The molecule has 0 amide bonds. The third-order valence-corrected chi connectivity index (χ3v) is 2.63. The molecule has 0 unspecified atom stereocenters. The summed E-state index contributed by atoms with van der Waals surface area (Å²) in [6.45, 7) is 5.18. The van der Waals surface area contributed by atoms with Gasteiger partial charge < -0.3 is 20.5 Å². The lowest BCUT2D eigenvalue weighted by molar-refractivity contribution is 0.0398. The van der Waals surface area contributed by atoms with Gasteiger partial charge in [0, 0.05) is 26.2 Å².